The van der Waals surface area contributed by atoms with E-state index in [0.717, 1.165) is 5.56 Å². The molecule has 0 saturated heterocycles. The van der Waals surface area contributed by atoms with E-state index in [1.54, 1.807) is 43.6 Å². The number of benzene rings is 1. The number of rotatable bonds is 9. The number of aryl methyl sites for hydroxylation is 2. The lowest BCUT2D eigenvalue weighted by atomic mass is 10.2. The van der Waals surface area contributed by atoms with E-state index in [1.165, 1.54) is 31.8 Å². The number of para-hydroxylation sites is 1. The van der Waals surface area contributed by atoms with Gasteiger partial charge in [0.15, 0.2) is 5.82 Å². The minimum atomic E-state index is -4.21. The zero-order valence-corrected chi connectivity index (χ0v) is 21.8. The van der Waals surface area contributed by atoms with E-state index in [9.17, 15) is 13.5 Å². The van der Waals surface area contributed by atoms with Gasteiger partial charge in [-0.3, -0.25) is 14.3 Å². The van der Waals surface area contributed by atoms with Gasteiger partial charge in [0.1, 0.15) is 28.5 Å². The fourth-order valence-corrected chi connectivity index (χ4v) is 4.73. The van der Waals surface area contributed by atoms with Gasteiger partial charge in [-0.25, -0.2) is 8.42 Å². The number of methoxy groups -OCH3 is 2. The van der Waals surface area contributed by atoms with Gasteiger partial charge in [0.25, 0.3) is 0 Å². The van der Waals surface area contributed by atoms with Gasteiger partial charge in [0.2, 0.25) is 16.0 Å². The highest BCUT2D eigenvalue weighted by atomic mass is 32.2. The van der Waals surface area contributed by atoms with E-state index in [-0.39, 0.29) is 11.6 Å². The lowest BCUT2D eigenvalue weighted by Gasteiger charge is -2.21. The van der Waals surface area contributed by atoms with E-state index in [1.807, 2.05) is 13.0 Å². The summed E-state index contributed by atoms with van der Waals surface area (Å²) in [5.41, 5.74) is 2.61. The molecule has 4 aromatic rings. The van der Waals surface area contributed by atoms with Crippen molar-refractivity contribution in [2.24, 2.45) is 0 Å². The van der Waals surface area contributed by atoms with Gasteiger partial charge in [0, 0.05) is 18.0 Å². The Morgan fingerprint density at radius 2 is 1.68 bits per heavy atom. The molecular formula is C24H27N7O5S. The molecule has 0 radical (unpaired) electrons. The molecule has 0 fully saturated rings. The van der Waals surface area contributed by atoms with Gasteiger partial charge in [0.05, 0.1) is 25.6 Å². The van der Waals surface area contributed by atoms with Crippen molar-refractivity contribution in [2.75, 3.05) is 18.9 Å². The van der Waals surface area contributed by atoms with Crippen LogP contribution in [0.3, 0.4) is 0 Å². The summed E-state index contributed by atoms with van der Waals surface area (Å²) in [6, 6.07) is 10.2. The van der Waals surface area contributed by atoms with E-state index in [0.29, 0.717) is 34.3 Å². The summed E-state index contributed by atoms with van der Waals surface area (Å²) in [5, 5.41) is 25.7. The maximum Gasteiger partial charge on any atom is 0.243 e. The topological polar surface area (TPSA) is 154 Å². The number of aromatic nitrogens is 6. The summed E-state index contributed by atoms with van der Waals surface area (Å²) in [4.78, 5) is 4.23. The SMILES string of the molecule is COc1cccc(OC)c1-n1c(NS(=O)(=O)[C@H](C)[C@@H](O)c2ccc(C)nn2)nnc1-c1cncc(C)c1. The number of aliphatic hydroxyl groups excluding tert-OH is 1. The summed E-state index contributed by atoms with van der Waals surface area (Å²) in [6.07, 6.45) is 1.84. The Hall–Kier alpha value is -4.10. The smallest absolute Gasteiger partial charge is 0.243 e. The number of ether oxygens (including phenoxy) is 2. The van der Waals surface area contributed by atoms with Gasteiger partial charge >= 0.3 is 0 Å². The first-order valence-corrected chi connectivity index (χ1v) is 12.8. The number of aliphatic hydroxyl groups is 1. The van der Waals surface area contributed by atoms with Crippen molar-refractivity contribution in [2.45, 2.75) is 32.1 Å². The predicted octanol–water partition coefficient (Wildman–Crippen LogP) is 2.62. The number of anilines is 1. The Morgan fingerprint density at radius 3 is 2.27 bits per heavy atom. The van der Waals surface area contributed by atoms with E-state index >= 15 is 0 Å². The summed E-state index contributed by atoms with van der Waals surface area (Å²) >= 11 is 0. The first-order valence-electron chi connectivity index (χ1n) is 11.2. The van der Waals surface area contributed by atoms with Crippen LogP contribution < -0.4 is 14.2 Å². The molecule has 0 saturated carbocycles. The molecule has 3 heterocycles. The Labute approximate surface area is 214 Å². The largest absolute Gasteiger partial charge is 0.494 e. The Balaban J connectivity index is 1.83. The van der Waals surface area contributed by atoms with Crippen LogP contribution in [0, 0.1) is 13.8 Å². The van der Waals surface area contributed by atoms with Crippen LogP contribution in [-0.2, 0) is 10.0 Å². The number of sulfonamides is 1. The Kier molecular flexibility index (Phi) is 7.36. The molecule has 0 spiro atoms. The zero-order valence-electron chi connectivity index (χ0n) is 20.9. The van der Waals surface area contributed by atoms with E-state index < -0.39 is 21.4 Å². The van der Waals surface area contributed by atoms with Crippen molar-refractivity contribution in [3.63, 3.8) is 0 Å². The summed E-state index contributed by atoms with van der Waals surface area (Å²) in [5.74, 6) is 0.955. The molecule has 194 valence electrons. The van der Waals surface area contributed by atoms with Crippen LogP contribution in [0.4, 0.5) is 5.95 Å². The molecule has 1 aromatic carbocycles. The highest BCUT2D eigenvalue weighted by Gasteiger charge is 2.33. The average Bonchev–Trinajstić information content (AvgIpc) is 3.29. The van der Waals surface area contributed by atoms with Crippen LogP contribution in [-0.4, -0.2) is 62.9 Å². The molecule has 2 N–H and O–H groups in total. The molecule has 0 aliphatic heterocycles. The second kappa shape index (κ2) is 10.5. The Morgan fingerprint density at radius 1 is 0.973 bits per heavy atom. The molecule has 0 aliphatic carbocycles. The predicted molar refractivity (Wildman–Crippen MR) is 136 cm³/mol. The quantitative estimate of drug-likeness (QED) is 0.333. The summed E-state index contributed by atoms with van der Waals surface area (Å²) in [6.45, 7) is 4.98. The second-order valence-corrected chi connectivity index (χ2v) is 10.4. The van der Waals surface area contributed by atoms with Crippen molar-refractivity contribution in [3.05, 3.63) is 65.7 Å². The molecule has 3 aromatic heterocycles. The molecule has 4 rings (SSSR count). The van der Waals surface area contributed by atoms with Gasteiger partial charge in [-0.15, -0.1) is 10.2 Å². The van der Waals surface area contributed by atoms with Crippen LogP contribution in [0.15, 0.2) is 48.8 Å². The monoisotopic (exact) mass is 525 g/mol. The molecule has 0 amide bonds. The first-order chi connectivity index (χ1) is 17.7. The fourth-order valence-electron chi connectivity index (χ4n) is 3.68. The molecule has 0 unspecified atom stereocenters. The zero-order chi connectivity index (χ0) is 26.7. The Bertz CT molecular complexity index is 1480. The van der Waals surface area contributed by atoms with E-state index in [2.05, 4.69) is 30.1 Å². The lowest BCUT2D eigenvalue weighted by molar-refractivity contribution is 0.170. The van der Waals surface area contributed by atoms with Crippen molar-refractivity contribution >= 4 is 16.0 Å². The second-order valence-electron chi connectivity index (χ2n) is 8.34. The molecule has 13 heteroatoms. The normalized spacial score (nSPS) is 13.1. The molecule has 0 aliphatic rings. The fraction of sp³-hybridized carbons (Fsp3) is 0.292. The number of pyridine rings is 1. The minimum absolute atomic E-state index is 0.128. The molecular weight excluding hydrogens is 498 g/mol. The summed E-state index contributed by atoms with van der Waals surface area (Å²) < 4.78 is 41.9. The van der Waals surface area contributed by atoms with Gasteiger partial charge in [-0.2, -0.15) is 10.2 Å². The van der Waals surface area contributed by atoms with Crippen LogP contribution in [0.5, 0.6) is 11.5 Å². The lowest BCUT2D eigenvalue weighted by Crippen LogP contribution is -2.32. The van der Waals surface area contributed by atoms with Crippen molar-refractivity contribution in [3.8, 4) is 28.6 Å². The maximum atomic E-state index is 13.4. The highest BCUT2D eigenvalue weighted by Crippen LogP contribution is 2.38. The van der Waals surface area contributed by atoms with Crippen molar-refractivity contribution in [1.82, 2.24) is 29.9 Å². The number of hydrogen-bond donors (Lipinski definition) is 2. The van der Waals surface area contributed by atoms with Crippen LogP contribution >= 0.6 is 0 Å². The maximum absolute atomic E-state index is 13.4. The minimum Gasteiger partial charge on any atom is -0.494 e. The number of hydrogen-bond acceptors (Lipinski definition) is 10. The van der Waals surface area contributed by atoms with Crippen molar-refractivity contribution in [1.29, 1.82) is 0 Å². The molecule has 12 nitrogen and oxygen atoms in total. The van der Waals surface area contributed by atoms with Gasteiger partial charge < -0.3 is 14.6 Å². The molecule has 2 atom stereocenters. The van der Waals surface area contributed by atoms with Crippen LogP contribution in [0.2, 0.25) is 0 Å². The van der Waals surface area contributed by atoms with Gasteiger partial charge in [-0.05, 0) is 56.7 Å². The van der Waals surface area contributed by atoms with Crippen molar-refractivity contribution < 1.29 is 23.0 Å². The standard InChI is InChI=1S/C24H27N7O5S/c1-14-11-17(13-25-12-14)23-28-29-24(31(23)21-19(35-4)7-6-8-20(21)36-5)30-37(33,34)16(3)22(32)18-10-9-15(2)26-27-18/h6-13,16,22,32H,1-5H3,(H,29,30)/t16-,22-/m1/s1. The first kappa shape index (κ1) is 26.0. The third kappa shape index (κ3) is 5.22. The highest BCUT2D eigenvalue weighted by molar-refractivity contribution is 7.93. The molecule has 37 heavy (non-hydrogen) atoms. The number of nitrogens with zero attached hydrogens (tertiary/aromatic N) is 6. The van der Waals surface area contributed by atoms with Crippen LogP contribution in [0.1, 0.15) is 30.0 Å². The third-order valence-corrected chi connectivity index (χ3v) is 7.41. The van der Waals surface area contributed by atoms with Crippen LogP contribution in [0.25, 0.3) is 17.1 Å². The third-order valence-electron chi connectivity index (χ3n) is 5.71. The molecule has 0 bridgehead atoms. The number of nitrogens with one attached hydrogen (secondary N) is 1. The summed E-state index contributed by atoms with van der Waals surface area (Å²) in [7, 11) is -1.23. The van der Waals surface area contributed by atoms with Gasteiger partial charge in [-0.1, -0.05) is 6.07 Å². The van der Waals surface area contributed by atoms with E-state index in [4.69, 9.17) is 9.47 Å². The average molecular weight is 526 g/mol.